The molecule has 0 aliphatic carbocycles. The largest absolute Gasteiger partial charge is 0.451 e. The molecule has 0 spiro atoms. The number of para-hydroxylation sites is 1. The Morgan fingerprint density at radius 3 is 2.65 bits per heavy atom. The summed E-state index contributed by atoms with van der Waals surface area (Å²) < 4.78 is 15.0. The van der Waals surface area contributed by atoms with Crippen LogP contribution in [0.5, 0.6) is 0 Å². The van der Waals surface area contributed by atoms with E-state index in [0.717, 1.165) is 22.2 Å². The molecule has 0 aliphatic heterocycles. The standard InChI is InChI=1S/C19H15N5O2/c1-23-11-13(10-20-23)16-7-8-17(25-16)19-21-18(22-26-19)15-9-12-5-3-4-6-14(12)24(15)2/h3-11H,1-2H3. The summed E-state index contributed by atoms with van der Waals surface area (Å²) in [6.07, 6.45) is 3.63. The second-order valence-corrected chi connectivity index (χ2v) is 6.14. The van der Waals surface area contributed by atoms with Crippen LogP contribution in [0.1, 0.15) is 0 Å². The molecule has 1 aromatic carbocycles. The summed E-state index contributed by atoms with van der Waals surface area (Å²) >= 11 is 0. The second-order valence-electron chi connectivity index (χ2n) is 6.14. The van der Waals surface area contributed by atoms with E-state index in [4.69, 9.17) is 8.94 Å². The second kappa shape index (κ2) is 5.45. The van der Waals surface area contributed by atoms with Gasteiger partial charge in [-0.2, -0.15) is 10.1 Å². The van der Waals surface area contributed by atoms with Crippen LogP contribution < -0.4 is 0 Å². The van der Waals surface area contributed by atoms with Gasteiger partial charge in [0.25, 0.3) is 5.89 Å². The van der Waals surface area contributed by atoms with Crippen LogP contribution >= 0.6 is 0 Å². The quantitative estimate of drug-likeness (QED) is 0.496. The van der Waals surface area contributed by atoms with Gasteiger partial charge < -0.3 is 13.5 Å². The Morgan fingerprint density at radius 1 is 1.00 bits per heavy atom. The highest BCUT2D eigenvalue weighted by atomic mass is 16.5. The molecule has 5 rings (SSSR count). The van der Waals surface area contributed by atoms with Crippen LogP contribution in [0.3, 0.4) is 0 Å². The Morgan fingerprint density at radius 2 is 1.85 bits per heavy atom. The Hall–Kier alpha value is -3.61. The summed E-state index contributed by atoms with van der Waals surface area (Å²) in [5.41, 5.74) is 2.90. The summed E-state index contributed by atoms with van der Waals surface area (Å²) in [5.74, 6) is 2.11. The smallest absolute Gasteiger partial charge is 0.294 e. The van der Waals surface area contributed by atoms with Gasteiger partial charge in [0.15, 0.2) is 5.76 Å². The van der Waals surface area contributed by atoms with Gasteiger partial charge in [-0.15, -0.1) is 0 Å². The third-order valence-corrected chi connectivity index (χ3v) is 4.41. The molecule has 0 atom stereocenters. The van der Waals surface area contributed by atoms with Gasteiger partial charge >= 0.3 is 0 Å². The maximum atomic E-state index is 5.85. The Labute approximate surface area is 148 Å². The van der Waals surface area contributed by atoms with Crippen molar-refractivity contribution >= 4 is 10.9 Å². The van der Waals surface area contributed by atoms with Gasteiger partial charge in [0, 0.05) is 31.2 Å². The molecule has 26 heavy (non-hydrogen) atoms. The molecule has 0 saturated heterocycles. The van der Waals surface area contributed by atoms with Crippen molar-refractivity contribution in [3.63, 3.8) is 0 Å². The third kappa shape index (κ3) is 2.25. The molecule has 7 nitrogen and oxygen atoms in total. The molecule has 0 saturated carbocycles. The molecule has 0 aliphatic rings. The van der Waals surface area contributed by atoms with Crippen molar-refractivity contribution < 1.29 is 8.94 Å². The highest BCUT2D eigenvalue weighted by Gasteiger charge is 2.18. The van der Waals surface area contributed by atoms with Crippen LogP contribution in [0.4, 0.5) is 0 Å². The van der Waals surface area contributed by atoms with E-state index in [1.54, 1.807) is 10.9 Å². The maximum Gasteiger partial charge on any atom is 0.294 e. The van der Waals surface area contributed by atoms with Crippen LogP contribution in [0.15, 0.2) is 63.8 Å². The minimum absolute atomic E-state index is 0.348. The van der Waals surface area contributed by atoms with E-state index in [1.165, 1.54) is 0 Å². The molecule has 7 heteroatoms. The average molecular weight is 345 g/mol. The number of hydrogen-bond donors (Lipinski definition) is 0. The number of hydrogen-bond acceptors (Lipinski definition) is 5. The number of benzene rings is 1. The van der Waals surface area contributed by atoms with E-state index in [2.05, 4.69) is 27.4 Å². The van der Waals surface area contributed by atoms with E-state index in [1.807, 2.05) is 55.2 Å². The lowest BCUT2D eigenvalue weighted by atomic mass is 10.2. The molecule has 5 aromatic rings. The molecular formula is C19H15N5O2. The highest BCUT2D eigenvalue weighted by Crippen LogP contribution is 2.30. The van der Waals surface area contributed by atoms with Gasteiger partial charge in [0.1, 0.15) is 5.76 Å². The van der Waals surface area contributed by atoms with Crippen LogP contribution in [0, 0.1) is 0 Å². The van der Waals surface area contributed by atoms with Crippen molar-refractivity contribution in [2.75, 3.05) is 0 Å². The lowest BCUT2D eigenvalue weighted by Crippen LogP contribution is -1.92. The first-order chi connectivity index (χ1) is 12.7. The summed E-state index contributed by atoms with van der Waals surface area (Å²) in [4.78, 5) is 4.51. The molecule has 0 amide bonds. The first-order valence-corrected chi connectivity index (χ1v) is 8.17. The van der Waals surface area contributed by atoms with Crippen molar-refractivity contribution in [3.05, 3.63) is 54.9 Å². The zero-order valence-electron chi connectivity index (χ0n) is 14.2. The minimum atomic E-state index is 0.348. The zero-order chi connectivity index (χ0) is 17.7. The van der Waals surface area contributed by atoms with Crippen LogP contribution in [-0.4, -0.2) is 24.5 Å². The summed E-state index contributed by atoms with van der Waals surface area (Å²) in [7, 11) is 3.85. The number of aromatic nitrogens is 5. The summed E-state index contributed by atoms with van der Waals surface area (Å²) in [6.45, 7) is 0. The van der Waals surface area contributed by atoms with E-state index in [-0.39, 0.29) is 0 Å². The zero-order valence-corrected chi connectivity index (χ0v) is 14.2. The number of fused-ring (bicyclic) bond motifs is 1. The van der Waals surface area contributed by atoms with Gasteiger partial charge in [-0.05, 0) is 24.3 Å². The van der Waals surface area contributed by atoms with Crippen LogP contribution in [-0.2, 0) is 14.1 Å². The fraction of sp³-hybridized carbons (Fsp3) is 0.105. The molecule has 0 radical (unpaired) electrons. The van der Waals surface area contributed by atoms with Crippen LogP contribution in [0.25, 0.3) is 45.4 Å². The van der Waals surface area contributed by atoms with E-state index in [9.17, 15) is 0 Å². The first kappa shape index (κ1) is 14.7. The van der Waals surface area contributed by atoms with Gasteiger partial charge in [0.2, 0.25) is 5.82 Å². The molecule has 0 bridgehead atoms. The van der Waals surface area contributed by atoms with Crippen molar-refractivity contribution in [3.8, 4) is 34.5 Å². The number of furan rings is 1. The lowest BCUT2D eigenvalue weighted by Gasteiger charge is -1.98. The Kier molecular flexibility index (Phi) is 3.08. The molecule has 0 unspecified atom stereocenters. The van der Waals surface area contributed by atoms with Gasteiger partial charge in [-0.1, -0.05) is 23.4 Å². The predicted molar refractivity (Wildman–Crippen MR) is 96.1 cm³/mol. The molecular weight excluding hydrogens is 330 g/mol. The lowest BCUT2D eigenvalue weighted by molar-refractivity contribution is 0.417. The Bertz CT molecular complexity index is 1220. The predicted octanol–water partition coefficient (Wildman–Crippen LogP) is 3.89. The fourth-order valence-corrected chi connectivity index (χ4v) is 3.09. The summed E-state index contributed by atoms with van der Waals surface area (Å²) in [6, 6.07) is 13.9. The van der Waals surface area contributed by atoms with Gasteiger partial charge in [0.05, 0.1) is 17.5 Å². The molecule has 0 N–H and O–H groups in total. The molecule has 4 heterocycles. The Balaban J connectivity index is 1.52. The highest BCUT2D eigenvalue weighted by molar-refractivity contribution is 5.85. The topological polar surface area (TPSA) is 74.8 Å². The van der Waals surface area contributed by atoms with E-state index < -0.39 is 0 Å². The van der Waals surface area contributed by atoms with Crippen molar-refractivity contribution in [2.24, 2.45) is 14.1 Å². The summed E-state index contributed by atoms with van der Waals surface area (Å²) in [5, 5.41) is 9.41. The number of nitrogens with zero attached hydrogens (tertiary/aromatic N) is 5. The molecule has 128 valence electrons. The average Bonchev–Trinajstić information content (AvgIpc) is 3.40. The monoisotopic (exact) mass is 345 g/mol. The van der Waals surface area contributed by atoms with Crippen LogP contribution in [0.2, 0.25) is 0 Å². The number of rotatable bonds is 3. The maximum absolute atomic E-state index is 5.85. The molecule has 4 aromatic heterocycles. The third-order valence-electron chi connectivity index (χ3n) is 4.41. The van der Waals surface area contributed by atoms with Gasteiger partial charge in [-0.3, -0.25) is 4.68 Å². The molecule has 0 fully saturated rings. The van der Waals surface area contributed by atoms with E-state index >= 15 is 0 Å². The van der Waals surface area contributed by atoms with Crippen molar-refractivity contribution in [2.45, 2.75) is 0 Å². The normalized spacial score (nSPS) is 11.5. The minimum Gasteiger partial charge on any atom is -0.451 e. The fourth-order valence-electron chi connectivity index (χ4n) is 3.09. The SMILES string of the molecule is Cn1cc(-c2ccc(-c3nc(-c4cc5ccccc5n4C)no3)o2)cn1. The van der Waals surface area contributed by atoms with Crippen molar-refractivity contribution in [1.82, 2.24) is 24.5 Å². The first-order valence-electron chi connectivity index (χ1n) is 8.17. The number of aryl methyl sites for hydroxylation is 2. The van der Waals surface area contributed by atoms with Crippen molar-refractivity contribution in [1.29, 1.82) is 0 Å². The van der Waals surface area contributed by atoms with E-state index in [0.29, 0.717) is 23.2 Å². The van der Waals surface area contributed by atoms with Gasteiger partial charge in [-0.25, -0.2) is 0 Å².